The Morgan fingerprint density at radius 1 is 1.21 bits per heavy atom. The van der Waals surface area contributed by atoms with Gasteiger partial charge in [0.1, 0.15) is 0 Å². The monoisotopic (exact) mass is 294 g/mol. The lowest BCUT2D eigenvalue weighted by Crippen LogP contribution is -2.13. The van der Waals surface area contributed by atoms with Crippen LogP contribution in [0.2, 0.25) is 5.02 Å². The predicted molar refractivity (Wildman–Crippen MR) is 86.9 cm³/mol. The van der Waals surface area contributed by atoms with Crippen LogP contribution < -0.4 is 10.2 Å². The van der Waals surface area contributed by atoms with Gasteiger partial charge >= 0.3 is 0 Å². The van der Waals surface area contributed by atoms with Gasteiger partial charge in [-0.2, -0.15) is 0 Å². The van der Waals surface area contributed by atoms with E-state index in [0.717, 1.165) is 16.4 Å². The maximum Gasteiger partial charge on any atom is 0.0598 e. The third-order valence-electron chi connectivity index (χ3n) is 3.00. The summed E-state index contributed by atoms with van der Waals surface area (Å²) in [7, 11) is 4.07. The van der Waals surface area contributed by atoms with E-state index in [2.05, 4.69) is 36.2 Å². The fraction of sp³-hybridized carbons (Fsp3) is 0.333. The number of hydrogen-bond acceptors (Lipinski definition) is 3. The Labute approximate surface area is 124 Å². The molecule has 1 aromatic heterocycles. The zero-order valence-corrected chi connectivity index (χ0v) is 13.3. The van der Waals surface area contributed by atoms with Crippen LogP contribution in [0.25, 0.3) is 0 Å². The maximum atomic E-state index is 6.10. The molecule has 0 saturated carbocycles. The molecule has 2 rings (SSSR count). The Morgan fingerprint density at radius 2 is 1.95 bits per heavy atom. The van der Waals surface area contributed by atoms with Crippen molar-refractivity contribution < 1.29 is 0 Å². The van der Waals surface area contributed by atoms with Crippen LogP contribution in [0, 0.1) is 6.92 Å². The van der Waals surface area contributed by atoms with E-state index in [0.29, 0.717) is 0 Å². The van der Waals surface area contributed by atoms with Crippen LogP contribution >= 0.6 is 22.9 Å². The topological polar surface area (TPSA) is 15.3 Å². The highest BCUT2D eigenvalue weighted by molar-refractivity contribution is 7.12. The molecule has 0 bridgehead atoms. The summed E-state index contributed by atoms with van der Waals surface area (Å²) < 4.78 is 0. The lowest BCUT2D eigenvalue weighted by Gasteiger charge is -2.21. The molecule has 0 radical (unpaired) electrons. The highest BCUT2D eigenvalue weighted by atomic mass is 35.5. The van der Waals surface area contributed by atoms with Gasteiger partial charge in [0.05, 0.1) is 17.4 Å². The van der Waals surface area contributed by atoms with Gasteiger partial charge in [0.25, 0.3) is 0 Å². The van der Waals surface area contributed by atoms with Gasteiger partial charge in [0.2, 0.25) is 0 Å². The number of thiophene rings is 1. The van der Waals surface area contributed by atoms with Crippen LogP contribution in [0.5, 0.6) is 0 Å². The van der Waals surface area contributed by atoms with E-state index in [9.17, 15) is 0 Å². The Balaban J connectivity index is 2.25. The first-order valence-electron chi connectivity index (χ1n) is 6.27. The zero-order chi connectivity index (χ0) is 14.0. The second kappa shape index (κ2) is 5.85. The molecule has 1 unspecified atom stereocenters. The molecule has 1 N–H and O–H groups in total. The van der Waals surface area contributed by atoms with Gasteiger partial charge in [-0.15, -0.1) is 11.3 Å². The van der Waals surface area contributed by atoms with E-state index in [1.54, 1.807) is 0 Å². The average molecular weight is 295 g/mol. The minimum Gasteiger partial charge on any atom is -0.376 e. The summed E-state index contributed by atoms with van der Waals surface area (Å²) in [5.41, 5.74) is 2.21. The molecule has 0 aliphatic carbocycles. The van der Waals surface area contributed by atoms with Crippen LogP contribution in [0.1, 0.15) is 22.7 Å². The third kappa shape index (κ3) is 3.43. The Hall–Kier alpha value is -1.19. The standard InChI is InChI=1S/C15H19ClN2S/c1-10-5-8-15(19-10)11(2)17-13-9-12(16)6-7-14(13)18(3)4/h5-9,11,17H,1-4H3. The molecule has 0 aliphatic rings. The number of nitrogens with zero attached hydrogens (tertiary/aromatic N) is 1. The molecule has 102 valence electrons. The minimum absolute atomic E-state index is 0.274. The molecule has 2 aromatic rings. The summed E-state index contributed by atoms with van der Waals surface area (Å²) in [6.07, 6.45) is 0. The largest absolute Gasteiger partial charge is 0.376 e. The van der Waals surface area contributed by atoms with Crippen LogP contribution in [-0.2, 0) is 0 Å². The van der Waals surface area contributed by atoms with Gasteiger partial charge in [-0.3, -0.25) is 0 Å². The summed E-state index contributed by atoms with van der Waals surface area (Å²) in [5.74, 6) is 0. The van der Waals surface area contributed by atoms with Gasteiger partial charge in [-0.25, -0.2) is 0 Å². The summed E-state index contributed by atoms with van der Waals surface area (Å²) in [4.78, 5) is 4.76. The van der Waals surface area contributed by atoms with Gasteiger partial charge in [-0.1, -0.05) is 11.6 Å². The first-order chi connectivity index (χ1) is 8.97. The van der Waals surface area contributed by atoms with E-state index in [1.165, 1.54) is 9.75 Å². The van der Waals surface area contributed by atoms with Gasteiger partial charge < -0.3 is 10.2 Å². The number of anilines is 2. The Morgan fingerprint density at radius 3 is 2.53 bits per heavy atom. The first kappa shape index (κ1) is 14.2. The fourth-order valence-electron chi connectivity index (χ4n) is 2.00. The van der Waals surface area contributed by atoms with Gasteiger partial charge in [0, 0.05) is 28.9 Å². The zero-order valence-electron chi connectivity index (χ0n) is 11.7. The van der Waals surface area contributed by atoms with Crippen molar-refractivity contribution in [1.29, 1.82) is 0 Å². The Kier molecular flexibility index (Phi) is 4.38. The molecule has 1 atom stereocenters. The van der Waals surface area contributed by atoms with Crippen molar-refractivity contribution in [2.45, 2.75) is 19.9 Å². The third-order valence-corrected chi connectivity index (χ3v) is 4.42. The van der Waals surface area contributed by atoms with Gasteiger partial charge in [0.15, 0.2) is 0 Å². The molecular formula is C15H19ClN2S. The molecule has 4 heteroatoms. The van der Waals surface area contributed by atoms with E-state index >= 15 is 0 Å². The van der Waals surface area contributed by atoms with Crippen molar-refractivity contribution in [1.82, 2.24) is 0 Å². The van der Waals surface area contributed by atoms with Crippen molar-refractivity contribution in [3.8, 4) is 0 Å². The predicted octanol–water partition coefficient (Wildman–Crippen LogP) is 4.95. The number of benzene rings is 1. The number of rotatable bonds is 4. The molecule has 0 spiro atoms. The molecule has 0 fully saturated rings. The highest BCUT2D eigenvalue weighted by Crippen LogP contribution is 2.32. The maximum absolute atomic E-state index is 6.10. The van der Waals surface area contributed by atoms with E-state index < -0.39 is 0 Å². The second-order valence-corrected chi connectivity index (χ2v) is 6.63. The van der Waals surface area contributed by atoms with E-state index in [-0.39, 0.29) is 6.04 Å². The molecule has 19 heavy (non-hydrogen) atoms. The van der Waals surface area contributed by atoms with Crippen LogP contribution in [-0.4, -0.2) is 14.1 Å². The Bertz CT molecular complexity index is 563. The van der Waals surface area contributed by atoms with Gasteiger partial charge in [-0.05, 0) is 44.2 Å². The van der Waals surface area contributed by atoms with Crippen molar-refractivity contribution in [3.05, 3.63) is 45.1 Å². The summed E-state index contributed by atoms with van der Waals surface area (Å²) in [6, 6.07) is 10.5. The van der Waals surface area contributed by atoms with Crippen molar-refractivity contribution >= 4 is 34.3 Å². The summed E-state index contributed by atoms with van der Waals surface area (Å²) in [5, 5.41) is 4.30. The van der Waals surface area contributed by atoms with E-state index in [4.69, 9.17) is 11.6 Å². The number of halogens is 1. The minimum atomic E-state index is 0.274. The van der Waals surface area contributed by atoms with Crippen LogP contribution in [0.3, 0.4) is 0 Å². The van der Waals surface area contributed by atoms with Crippen molar-refractivity contribution in [2.24, 2.45) is 0 Å². The normalized spacial score (nSPS) is 12.3. The first-order valence-corrected chi connectivity index (χ1v) is 7.46. The summed E-state index contributed by atoms with van der Waals surface area (Å²) in [6.45, 7) is 4.30. The molecule has 1 heterocycles. The quantitative estimate of drug-likeness (QED) is 0.858. The average Bonchev–Trinajstić information content (AvgIpc) is 2.75. The van der Waals surface area contributed by atoms with Crippen molar-refractivity contribution in [2.75, 3.05) is 24.3 Å². The van der Waals surface area contributed by atoms with Crippen LogP contribution in [0.4, 0.5) is 11.4 Å². The lowest BCUT2D eigenvalue weighted by molar-refractivity contribution is 0.905. The second-order valence-electron chi connectivity index (χ2n) is 4.87. The smallest absolute Gasteiger partial charge is 0.0598 e. The molecule has 0 aliphatic heterocycles. The SMILES string of the molecule is Cc1ccc(C(C)Nc2cc(Cl)ccc2N(C)C)s1. The lowest BCUT2D eigenvalue weighted by atomic mass is 10.2. The molecular weight excluding hydrogens is 276 g/mol. The number of aryl methyl sites for hydroxylation is 1. The number of hydrogen-bond donors (Lipinski definition) is 1. The number of nitrogens with one attached hydrogen (secondary N) is 1. The molecule has 0 saturated heterocycles. The fourth-order valence-corrected chi connectivity index (χ4v) is 3.06. The van der Waals surface area contributed by atoms with E-state index in [1.807, 2.05) is 43.6 Å². The van der Waals surface area contributed by atoms with Crippen molar-refractivity contribution in [3.63, 3.8) is 0 Å². The highest BCUT2D eigenvalue weighted by Gasteiger charge is 2.11. The molecule has 0 amide bonds. The van der Waals surface area contributed by atoms with Crippen LogP contribution in [0.15, 0.2) is 30.3 Å². The molecule has 2 nitrogen and oxygen atoms in total. The molecule has 1 aromatic carbocycles. The summed E-state index contributed by atoms with van der Waals surface area (Å²) >= 11 is 7.92.